The number of carbonyl (C=O) groups excluding carboxylic acids is 1. The molecule has 0 aliphatic carbocycles. The van der Waals surface area contributed by atoms with Gasteiger partial charge in [-0.2, -0.15) is 0 Å². The molecule has 3 nitrogen and oxygen atoms in total. The van der Waals surface area contributed by atoms with E-state index in [1.807, 2.05) is 0 Å². The molecule has 0 N–H and O–H groups in total. The Morgan fingerprint density at radius 2 is 1.14 bits per heavy atom. The zero-order chi connectivity index (χ0) is 3.58. The Hall–Kier alpha value is 1.49. The first-order valence-corrected chi connectivity index (χ1v) is 0.612. The van der Waals surface area contributed by atoms with Crippen LogP contribution in [-0.4, -0.2) is 6.16 Å². The van der Waals surface area contributed by atoms with Crippen LogP contribution < -0.4 is 10.2 Å². The molecule has 1 radical (unpaired) electrons. The summed E-state index contributed by atoms with van der Waals surface area (Å²) in [6.07, 6.45) is -2.33. The number of carbonyl (C=O) groups is 1. The Labute approximate surface area is 87.4 Å². The summed E-state index contributed by atoms with van der Waals surface area (Å²) in [5.74, 6) is 0. The molecule has 0 fully saturated rings. The first-order chi connectivity index (χ1) is 1.73. The molecule has 6 heteroatoms. The van der Waals surface area contributed by atoms with Gasteiger partial charge in [-0.15, -0.1) is 0 Å². The van der Waals surface area contributed by atoms with Crippen LogP contribution in [0.1, 0.15) is 0 Å². The molecule has 0 bridgehead atoms. The van der Waals surface area contributed by atoms with Crippen LogP contribution in [0.2, 0.25) is 0 Å². The molecular weight excluding hydrogens is 384 g/mol. The fraction of sp³-hybridized carbons (Fsp3) is 0. The normalized spacial score (nSPS) is 3.43. The van der Waals surface area contributed by atoms with Crippen LogP contribution >= 0.6 is 0 Å². The number of carboxylic acid groups (broad SMARTS) is 2. The van der Waals surface area contributed by atoms with Gasteiger partial charge in [0, 0.05) is 22.4 Å². The first kappa shape index (κ1) is 23.6. The maximum Gasteiger partial charge on any atom is 1.00 e. The fourth-order valence-corrected chi connectivity index (χ4v) is 0. The van der Waals surface area contributed by atoms with Crippen molar-refractivity contribution >= 4 is 6.16 Å². The predicted octanol–water partition coefficient (Wildman–Crippen LogP) is -2.45. The van der Waals surface area contributed by atoms with Crippen LogP contribution in [0.4, 0.5) is 4.79 Å². The minimum atomic E-state index is -2.33. The molecule has 0 saturated carbocycles. The van der Waals surface area contributed by atoms with Crippen molar-refractivity contribution in [2.24, 2.45) is 0 Å². The third kappa shape index (κ3) is 102. The van der Waals surface area contributed by atoms with Gasteiger partial charge in [-0.1, -0.05) is 0 Å². The maximum absolute atomic E-state index is 8.33. The van der Waals surface area contributed by atoms with E-state index in [-0.39, 0.29) is 67.1 Å². The molecular formula is CAg3O3. The zero-order valence-electron chi connectivity index (χ0n) is 2.63. The summed E-state index contributed by atoms with van der Waals surface area (Å²) in [6, 6.07) is 0. The van der Waals surface area contributed by atoms with Crippen molar-refractivity contribution in [3.8, 4) is 0 Å². The average Bonchev–Trinajstić information content (AvgIpc) is 0.811. The SMILES string of the molecule is O=C([O-])[O-].[Ag+].[Ag+].[Ag]. The van der Waals surface area contributed by atoms with E-state index in [0.717, 1.165) is 0 Å². The second kappa shape index (κ2) is 15.6. The van der Waals surface area contributed by atoms with Gasteiger partial charge in [-0.3, -0.25) is 0 Å². The second-order valence-corrected chi connectivity index (χ2v) is 0.250. The molecule has 55 valence electrons. The molecule has 0 unspecified atom stereocenters. The summed E-state index contributed by atoms with van der Waals surface area (Å²) < 4.78 is 0. The van der Waals surface area contributed by atoms with E-state index >= 15 is 0 Å². The summed E-state index contributed by atoms with van der Waals surface area (Å²) >= 11 is 0. The van der Waals surface area contributed by atoms with E-state index in [1.54, 1.807) is 0 Å². The Morgan fingerprint density at radius 1 is 1.14 bits per heavy atom. The zero-order valence-corrected chi connectivity index (χ0v) is 7.08. The Balaban J connectivity index is -0.0000000150. The summed E-state index contributed by atoms with van der Waals surface area (Å²) in [5.41, 5.74) is 0. The summed E-state index contributed by atoms with van der Waals surface area (Å²) in [6.45, 7) is 0. The average molecular weight is 384 g/mol. The van der Waals surface area contributed by atoms with E-state index < -0.39 is 6.16 Å². The Kier molecular flexibility index (Phi) is 52.8. The largest absolute Gasteiger partial charge is 1.00 e. The standard InChI is InChI=1S/CH2O3.3Ag/c2-1(3)4;;;/h(H2,2,3,4);;;/q;;2*+1/p-2. The molecule has 0 aliphatic rings. The van der Waals surface area contributed by atoms with Gasteiger partial charge in [0.1, 0.15) is 0 Å². The van der Waals surface area contributed by atoms with Crippen molar-refractivity contribution in [1.82, 2.24) is 0 Å². The summed E-state index contributed by atoms with van der Waals surface area (Å²) in [7, 11) is 0. The molecule has 0 atom stereocenters. The van der Waals surface area contributed by atoms with E-state index in [1.165, 1.54) is 0 Å². The van der Waals surface area contributed by atoms with Crippen LogP contribution in [0.25, 0.3) is 0 Å². The van der Waals surface area contributed by atoms with Gasteiger partial charge in [0.15, 0.2) is 0 Å². The van der Waals surface area contributed by atoms with E-state index in [0.29, 0.717) is 0 Å². The van der Waals surface area contributed by atoms with Crippen molar-refractivity contribution in [3.63, 3.8) is 0 Å². The quantitative estimate of drug-likeness (QED) is 0.436. The maximum atomic E-state index is 8.33. The number of rotatable bonds is 0. The molecule has 0 aliphatic heterocycles. The van der Waals surface area contributed by atoms with Gasteiger partial charge in [0.2, 0.25) is 0 Å². The van der Waals surface area contributed by atoms with Crippen LogP contribution in [0, 0.1) is 0 Å². The molecule has 0 aromatic rings. The molecule has 0 saturated heterocycles. The minimum Gasteiger partial charge on any atom is -0.652 e. The predicted molar refractivity (Wildman–Crippen MR) is 5.40 cm³/mol. The van der Waals surface area contributed by atoms with Gasteiger partial charge in [-0.25, -0.2) is 0 Å². The molecule has 0 rings (SSSR count). The van der Waals surface area contributed by atoms with Gasteiger partial charge >= 0.3 is 44.8 Å². The van der Waals surface area contributed by atoms with Gasteiger partial charge in [-0.05, 0) is 6.16 Å². The van der Waals surface area contributed by atoms with Crippen molar-refractivity contribution < 1.29 is 82.1 Å². The first-order valence-electron chi connectivity index (χ1n) is 0.612. The molecule has 0 aromatic carbocycles. The smallest absolute Gasteiger partial charge is 0.652 e. The van der Waals surface area contributed by atoms with Crippen molar-refractivity contribution in [3.05, 3.63) is 0 Å². The summed E-state index contributed by atoms with van der Waals surface area (Å²) in [4.78, 5) is 8.33. The summed E-state index contributed by atoms with van der Waals surface area (Å²) in [5, 5.41) is 16.7. The number of hydrogen-bond acceptors (Lipinski definition) is 3. The van der Waals surface area contributed by atoms with E-state index in [2.05, 4.69) is 0 Å². The Morgan fingerprint density at radius 3 is 1.14 bits per heavy atom. The third-order valence-corrected chi connectivity index (χ3v) is 0. The second-order valence-electron chi connectivity index (χ2n) is 0.250. The van der Waals surface area contributed by atoms with Crippen molar-refractivity contribution in [2.45, 2.75) is 0 Å². The van der Waals surface area contributed by atoms with Crippen LogP contribution in [0.3, 0.4) is 0 Å². The molecule has 0 aromatic heterocycles. The molecule has 7 heavy (non-hydrogen) atoms. The molecule has 0 heterocycles. The molecule has 0 spiro atoms. The van der Waals surface area contributed by atoms with Crippen molar-refractivity contribution in [2.75, 3.05) is 0 Å². The third-order valence-electron chi connectivity index (χ3n) is 0. The van der Waals surface area contributed by atoms with Crippen LogP contribution in [0.5, 0.6) is 0 Å². The number of hydrogen-bond donors (Lipinski definition) is 0. The van der Waals surface area contributed by atoms with Crippen molar-refractivity contribution in [1.29, 1.82) is 0 Å². The fourth-order valence-electron chi connectivity index (χ4n) is 0. The molecule has 0 amide bonds. The van der Waals surface area contributed by atoms with Crippen LogP contribution in [-0.2, 0) is 67.1 Å². The minimum absolute atomic E-state index is 0. The van der Waals surface area contributed by atoms with E-state index in [9.17, 15) is 0 Å². The van der Waals surface area contributed by atoms with Crippen LogP contribution in [0.15, 0.2) is 0 Å². The van der Waals surface area contributed by atoms with Gasteiger partial charge in [0.05, 0.1) is 0 Å². The topological polar surface area (TPSA) is 63.2 Å². The van der Waals surface area contributed by atoms with Gasteiger partial charge < -0.3 is 15.0 Å². The monoisotopic (exact) mass is 381 g/mol. The Bertz CT molecular complexity index is 33.2. The van der Waals surface area contributed by atoms with E-state index in [4.69, 9.17) is 15.0 Å². The van der Waals surface area contributed by atoms with Gasteiger partial charge in [0.25, 0.3) is 0 Å².